The zero-order chi connectivity index (χ0) is 16.5. The van der Waals surface area contributed by atoms with Gasteiger partial charge in [0, 0.05) is 17.9 Å². The zero-order valence-corrected chi connectivity index (χ0v) is 13.8. The standard InChI is InChI=1S/C17H17ClN4O2/c18-9-11-4-6-14(7-5-11)24-10-13-8-15(23)22-17(19-13)20-16(21-22)12-2-1-3-12/h4-8,12H,1-3,9-10H2,(H,19,20,21). The highest BCUT2D eigenvalue weighted by atomic mass is 35.5. The minimum absolute atomic E-state index is 0.172. The molecule has 0 amide bonds. The number of halogens is 1. The second-order valence-corrected chi connectivity index (χ2v) is 6.29. The predicted octanol–water partition coefficient (Wildman–Crippen LogP) is 3.00. The minimum atomic E-state index is -0.172. The van der Waals surface area contributed by atoms with E-state index in [4.69, 9.17) is 16.3 Å². The minimum Gasteiger partial charge on any atom is -0.487 e. The van der Waals surface area contributed by atoms with Gasteiger partial charge < -0.3 is 4.74 Å². The molecule has 3 aromatic rings. The molecule has 0 aliphatic heterocycles. The number of ether oxygens (including phenoxy) is 1. The van der Waals surface area contributed by atoms with E-state index in [1.165, 1.54) is 17.0 Å². The van der Waals surface area contributed by atoms with Crippen LogP contribution in [0.5, 0.6) is 5.75 Å². The van der Waals surface area contributed by atoms with Crippen molar-refractivity contribution >= 4 is 17.4 Å². The first-order chi connectivity index (χ1) is 11.7. The van der Waals surface area contributed by atoms with Gasteiger partial charge >= 0.3 is 0 Å². The largest absolute Gasteiger partial charge is 0.487 e. The summed E-state index contributed by atoms with van der Waals surface area (Å²) in [4.78, 5) is 21.1. The van der Waals surface area contributed by atoms with Gasteiger partial charge in [-0.2, -0.15) is 9.50 Å². The molecule has 4 rings (SSSR count). The first-order valence-electron chi connectivity index (χ1n) is 7.99. The number of fused-ring (bicyclic) bond motifs is 1. The zero-order valence-electron chi connectivity index (χ0n) is 13.0. The predicted molar refractivity (Wildman–Crippen MR) is 90.5 cm³/mol. The Morgan fingerprint density at radius 2 is 2.04 bits per heavy atom. The number of alkyl halides is 1. The summed E-state index contributed by atoms with van der Waals surface area (Å²) < 4.78 is 7.09. The third-order valence-corrected chi connectivity index (χ3v) is 4.67. The number of aromatic nitrogens is 4. The molecular weight excluding hydrogens is 328 g/mol. The molecule has 0 unspecified atom stereocenters. The van der Waals surface area contributed by atoms with Crippen LogP contribution in [0.4, 0.5) is 0 Å². The molecule has 7 heteroatoms. The Balaban J connectivity index is 1.54. The van der Waals surface area contributed by atoms with E-state index in [1.807, 2.05) is 24.3 Å². The maximum absolute atomic E-state index is 12.2. The Morgan fingerprint density at radius 1 is 1.25 bits per heavy atom. The number of nitrogens with zero attached hydrogens (tertiary/aromatic N) is 3. The topological polar surface area (TPSA) is 72.3 Å². The molecule has 1 aliphatic carbocycles. The van der Waals surface area contributed by atoms with Crippen molar-refractivity contribution in [2.45, 2.75) is 37.7 Å². The summed E-state index contributed by atoms with van der Waals surface area (Å²) in [5.74, 6) is 2.85. The van der Waals surface area contributed by atoms with Crippen LogP contribution >= 0.6 is 11.6 Å². The quantitative estimate of drug-likeness (QED) is 0.722. The summed E-state index contributed by atoms with van der Waals surface area (Å²) in [7, 11) is 0. The van der Waals surface area contributed by atoms with Crippen molar-refractivity contribution < 1.29 is 4.74 Å². The van der Waals surface area contributed by atoms with Gasteiger partial charge in [0.15, 0.2) is 0 Å². The van der Waals surface area contributed by atoms with Crippen LogP contribution < -0.4 is 10.3 Å². The molecule has 0 radical (unpaired) electrons. The summed E-state index contributed by atoms with van der Waals surface area (Å²) in [6.45, 7) is 0.220. The number of hydrogen-bond acceptors (Lipinski definition) is 4. The van der Waals surface area contributed by atoms with Crippen LogP contribution in [0.3, 0.4) is 0 Å². The number of benzene rings is 1. The lowest BCUT2D eigenvalue weighted by Gasteiger charge is -2.22. The number of aromatic amines is 1. The van der Waals surface area contributed by atoms with Gasteiger partial charge in [-0.25, -0.2) is 4.98 Å². The highest BCUT2D eigenvalue weighted by molar-refractivity contribution is 6.17. The Kier molecular flexibility index (Phi) is 3.98. The van der Waals surface area contributed by atoms with Gasteiger partial charge in [0.25, 0.3) is 11.3 Å². The van der Waals surface area contributed by atoms with E-state index in [-0.39, 0.29) is 12.2 Å². The van der Waals surface area contributed by atoms with Gasteiger partial charge in [-0.1, -0.05) is 18.6 Å². The fourth-order valence-electron chi connectivity index (χ4n) is 2.71. The number of rotatable bonds is 5. The molecule has 124 valence electrons. The smallest absolute Gasteiger partial charge is 0.274 e. The van der Waals surface area contributed by atoms with Crippen LogP contribution in [0, 0.1) is 0 Å². The van der Waals surface area contributed by atoms with Gasteiger partial charge in [-0.3, -0.25) is 9.89 Å². The van der Waals surface area contributed by atoms with Gasteiger partial charge in [0.1, 0.15) is 18.2 Å². The van der Waals surface area contributed by atoms with E-state index >= 15 is 0 Å². The summed E-state index contributed by atoms with van der Waals surface area (Å²) in [5, 5.41) is 3.06. The summed E-state index contributed by atoms with van der Waals surface area (Å²) >= 11 is 5.77. The molecule has 1 aromatic carbocycles. The van der Waals surface area contributed by atoms with E-state index in [0.717, 1.165) is 24.2 Å². The number of hydrogen-bond donors (Lipinski definition) is 1. The maximum Gasteiger partial charge on any atom is 0.274 e. The third kappa shape index (κ3) is 2.89. The average molecular weight is 345 g/mol. The average Bonchev–Trinajstić information content (AvgIpc) is 2.95. The van der Waals surface area contributed by atoms with Gasteiger partial charge in [0.2, 0.25) is 0 Å². The SMILES string of the molecule is O=c1cc(COc2ccc(CCl)cc2)nc2nc(C3CCC3)[nH]n12. The van der Waals surface area contributed by atoms with E-state index in [1.54, 1.807) is 0 Å². The first kappa shape index (κ1) is 15.2. The molecular formula is C17H17ClN4O2. The highest BCUT2D eigenvalue weighted by Crippen LogP contribution is 2.34. The Morgan fingerprint density at radius 3 is 2.71 bits per heavy atom. The maximum atomic E-state index is 12.2. The van der Waals surface area contributed by atoms with E-state index in [2.05, 4.69) is 15.1 Å². The van der Waals surface area contributed by atoms with Crippen LogP contribution in [0.15, 0.2) is 35.1 Å². The second-order valence-electron chi connectivity index (χ2n) is 6.02. The summed E-state index contributed by atoms with van der Waals surface area (Å²) in [5.41, 5.74) is 1.42. The molecule has 1 aliphatic rings. The fourth-order valence-corrected chi connectivity index (χ4v) is 2.89. The van der Waals surface area contributed by atoms with E-state index < -0.39 is 0 Å². The van der Waals surface area contributed by atoms with Crippen molar-refractivity contribution in [3.05, 3.63) is 57.8 Å². The summed E-state index contributed by atoms with van der Waals surface area (Å²) in [6, 6.07) is 9.00. The second kappa shape index (κ2) is 6.28. The Hall–Kier alpha value is -2.34. The lowest BCUT2D eigenvalue weighted by atomic mass is 9.85. The van der Waals surface area contributed by atoms with Crippen LogP contribution in [-0.2, 0) is 12.5 Å². The Labute approximate surface area is 143 Å². The molecule has 0 atom stereocenters. The summed E-state index contributed by atoms with van der Waals surface area (Å²) in [6.07, 6.45) is 3.44. The van der Waals surface area contributed by atoms with Crippen molar-refractivity contribution in [2.75, 3.05) is 0 Å². The molecule has 0 saturated heterocycles. The highest BCUT2D eigenvalue weighted by Gasteiger charge is 2.23. The van der Waals surface area contributed by atoms with Gasteiger partial charge in [0.05, 0.1) is 5.69 Å². The van der Waals surface area contributed by atoms with Gasteiger partial charge in [-0.15, -0.1) is 11.6 Å². The number of nitrogens with one attached hydrogen (secondary N) is 1. The molecule has 24 heavy (non-hydrogen) atoms. The van der Waals surface area contributed by atoms with Crippen molar-refractivity contribution in [3.8, 4) is 5.75 Å². The Bertz CT molecular complexity index is 912. The molecule has 6 nitrogen and oxygen atoms in total. The van der Waals surface area contributed by atoms with Crippen molar-refractivity contribution in [3.63, 3.8) is 0 Å². The van der Waals surface area contributed by atoms with Crippen molar-refractivity contribution in [1.82, 2.24) is 19.6 Å². The van der Waals surface area contributed by atoms with Crippen LogP contribution in [-0.4, -0.2) is 19.6 Å². The lowest BCUT2D eigenvalue weighted by molar-refractivity contribution is 0.301. The van der Waals surface area contributed by atoms with Crippen LogP contribution in [0.1, 0.15) is 42.3 Å². The molecule has 2 heterocycles. The van der Waals surface area contributed by atoms with Gasteiger partial charge in [-0.05, 0) is 30.5 Å². The number of H-pyrrole nitrogens is 1. The van der Waals surface area contributed by atoms with Crippen molar-refractivity contribution in [1.29, 1.82) is 0 Å². The lowest BCUT2D eigenvalue weighted by Crippen LogP contribution is -2.17. The fraction of sp³-hybridized carbons (Fsp3) is 0.353. The molecule has 1 fully saturated rings. The molecule has 2 aromatic heterocycles. The molecule has 1 saturated carbocycles. The third-order valence-electron chi connectivity index (χ3n) is 4.36. The first-order valence-corrected chi connectivity index (χ1v) is 8.52. The van der Waals surface area contributed by atoms with Crippen LogP contribution in [0.2, 0.25) is 0 Å². The monoisotopic (exact) mass is 344 g/mol. The molecule has 0 bridgehead atoms. The molecule has 0 spiro atoms. The van der Waals surface area contributed by atoms with Crippen molar-refractivity contribution in [2.24, 2.45) is 0 Å². The van der Waals surface area contributed by atoms with E-state index in [0.29, 0.717) is 29.0 Å². The van der Waals surface area contributed by atoms with E-state index in [9.17, 15) is 4.79 Å². The normalized spacial score (nSPS) is 14.7. The molecule has 1 N–H and O–H groups in total. The van der Waals surface area contributed by atoms with Crippen LogP contribution in [0.25, 0.3) is 5.78 Å².